The third-order valence-electron chi connectivity index (χ3n) is 7.71. The van der Waals surface area contributed by atoms with Crippen LogP contribution >= 0.6 is 0 Å². The minimum atomic E-state index is -1.75. The number of benzene rings is 2. The van der Waals surface area contributed by atoms with Crippen molar-refractivity contribution in [2.75, 3.05) is 5.32 Å². The number of nitrogens with two attached hydrogens (primary N) is 1. The van der Waals surface area contributed by atoms with Crippen LogP contribution in [-0.2, 0) is 30.4 Å². The number of nitrogens with one attached hydrogen (secondary N) is 5. The number of carboxylic acid groups (broad SMARTS) is 1. The highest BCUT2D eigenvalue weighted by Crippen LogP contribution is 2.19. The molecule has 16 nitrogen and oxygen atoms in total. The van der Waals surface area contributed by atoms with Gasteiger partial charge < -0.3 is 37.2 Å². The number of nitrogens with zero attached hydrogens (tertiary/aromatic N) is 1. The lowest BCUT2D eigenvalue weighted by Crippen LogP contribution is -2.59. The van der Waals surface area contributed by atoms with E-state index < -0.39 is 71.5 Å². The Morgan fingerprint density at radius 2 is 1.60 bits per heavy atom. The van der Waals surface area contributed by atoms with Crippen molar-refractivity contribution in [3.8, 4) is 11.4 Å². The molecule has 0 aliphatic carbocycles. The number of carbonyl (C=O) groups is 5. The molecule has 0 unspecified atom stereocenters. The number of carboxylic acids is 1. The van der Waals surface area contributed by atoms with E-state index >= 15 is 0 Å². The second-order valence-electron chi connectivity index (χ2n) is 12.7. The second kappa shape index (κ2) is 18.4. The van der Waals surface area contributed by atoms with Crippen LogP contribution in [0.25, 0.3) is 11.4 Å². The van der Waals surface area contributed by atoms with Crippen LogP contribution in [0.4, 0.5) is 5.69 Å². The van der Waals surface area contributed by atoms with Gasteiger partial charge in [0.05, 0.1) is 12.1 Å². The maximum absolute atomic E-state index is 13.8. The minimum absolute atomic E-state index is 0.0582. The number of carbonyl (C=O) groups excluding carboxylic acids is 4. The molecular weight excluding hydrogens is 650 g/mol. The summed E-state index contributed by atoms with van der Waals surface area (Å²) in [5, 5.41) is 34.5. The Bertz CT molecular complexity index is 1670. The van der Waals surface area contributed by atoms with Gasteiger partial charge in [-0.25, -0.2) is 4.79 Å². The Hall–Kier alpha value is -5.35. The Morgan fingerprint density at radius 3 is 2.20 bits per heavy atom. The zero-order valence-electron chi connectivity index (χ0n) is 28.3. The predicted molar refractivity (Wildman–Crippen MR) is 182 cm³/mol. The molecular formula is C34H45N7O9. The average Bonchev–Trinajstić information content (AvgIpc) is 3.51. The molecule has 1 heterocycles. The molecule has 4 amide bonds. The molecule has 3 rings (SSSR count). The van der Waals surface area contributed by atoms with Gasteiger partial charge in [-0.15, -0.1) is 0 Å². The molecule has 16 heteroatoms. The number of aliphatic hydroxyl groups excluding tert-OH is 1. The van der Waals surface area contributed by atoms with Crippen LogP contribution < -0.4 is 32.8 Å². The second-order valence-corrected chi connectivity index (χ2v) is 12.7. The number of aliphatic carboxylic acids is 1. The van der Waals surface area contributed by atoms with Crippen molar-refractivity contribution in [3.05, 3.63) is 70.7 Å². The van der Waals surface area contributed by atoms with Crippen LogP contribution in [0.1, 0.15) is 52.5 Å². The summed E-state index contributed by atoms with van der Waals surface area (Å²) in [4.78, 5) is 78.0. The Kier molecular flexibility index (Phi) is 14.4. The summed E-state index contributed by atoms with van der Waals surface area (Å²) in [6.45, 7) is 7.08. The fraction of sp³-hybridized carbons (Fsp3) is 0.441. The molecule has 2 aromatic carbocycles. The number of hydrogen-bond donors (Lipinski definition) is 8. The van der Waals surface area contributed by atoms with E-state index in [-0.39, 0.29) is 43.1 Å². The monoisotopic (exact) mass is 695 g/mol. The fourth-order valence-electron chi connectivity index (χ4n) is 5.06. The molecule has 0 radical (unpaired) electrons. The molecule has 50 heavy (non-hydrogen) atoms. The highest BCUT2D eigenvalue weighted by atomic mass is 16.5. The molecule has 5 atom stereocenters. The number of hydrogen-bond acceptors (Lipinski definition) is 10. The maximum Gasteiger partial charge on any atom is 0.439 e. The van der Waals surface area contributed by atoms with Gasteiger partial charge in [-0.3, -0.25) is 33.5 Å². The summed E-state index contributed by atoms with van der Waals surface area (Å²) in [6, 6.07) is 10.7. The van der Waals surface area contributed by atoms with Gasteiger partial charge in [0.25, 0.3) is 5.91 Å². The van der Waals surface area contributed by atoms with Crippen LogP contribution in [-0.4, -0.2) is 80.2 Å². The van der Waals surface area contributed by atoms with Gasteiger partial charge in [0.1, 0.15) is 12.1 Å². The lowest BCUT2D eigenvalue weighted by molar-refractivity contribution is -0.137. The number of H-pyrrole nitrogens is 1. The Labute approximate surface area is 288 Å². The van der Waals surface area contributed by atoms with E-state index in [1.807, 2.05) is 13.8 Å². The lowest BCUT2D eigenvalue weighted by atomic mass is 9.97. The average molecular weight is 696 g/mol. The van der Waals surface area contributed by atoms with E-state index in [1.54, 1.807) is 62.4 Å². The van der Waals surface area contributed by atoms with E-state index in [2.05, 4.69) is 35.9 Å². The van der Waals surface area contributed by atoms with Crippen molar-refractivity contribution in [3.63, 3.8) is 0 Å². The highest BCUT2D eigenvalue weighted by Gasteiger charge is 2.34. The van der Waals surface area contributed by atoms with Gasteiger partial charge in [-0.05, 0) is 48.8 Å². The first-order chi connectivity index (χ1) is 23.6. The number of aliphatic hydroxyl groups is 1. The van der Waals surface area contributed by atoms with Gasteiger partial charge >= 0.3 is 11.7 Å². The van der Waals surface area contributed by atoms with E-state index in [0.717, 1.165) is 0 Å². The van der Waals surface area contributed by atoms with Crippen molar-refractivity contribution < 1.29 is 38.7 Å². The SMILES string of the molecule is CC(C)C[C@H](NC(=O)[C@@H](NC(=O)[C@@H](N)CCC(=O)O)C(C)C)C(=O)N[C@@H](Cc1ccccc1)[C@@H](O)C(=O)Nc1cccc(-c2noc(=O)[nH]2)c1. The molecule has 0 saturated heterocycles. The molecule has 270 valence electrons. The number of amides is 4. The quantitative estimate of drug-likeness (QED) is 0.0928. The molecule has 3 aromatic rings. The van der Waals surface area contributed by atoms with Crippen LogP contribution in [0.3, 0.4) is 0 Å². The van der Waals surface area contributed by atoms with Crippen molar-refractivity contribution in [1.29, 1.82) is 0 Å². The summed E-state index contributed by atoms with van der Waals surface area (Å²) >= 11 is 0. The summed E-state index contributed by atoms with van der Waals surface area (Å²) < 4.78 is 4.54. The smallest absolute Gasteiger partial charge is 0.439 e. The van der Waals surface area contributed by atoms with Crippen LogP contribution in [0.5, 0.6) is 0 Å². The van der Waals surface area contributed by atoms with Gasteiger partial charge in [0.15, 0.2) is 11.9 Å². The third-order valence-corrected chi connectivity index (χ3v) is 7.71. The first-order valence-electron chi connectivity index (χ1n) is 16.2. The van der Waals surface area contributed by atoms with Crippen LogP contribution in [0, 0.1) is 11.8 Å². The van der Waals surface area contributed by atoms with Gasteiger partial charge in [0, 0.05) is 17.7 Å². The van der Waals surface area contributed by atoms with Gasteiger partial charge in [-0.1, -0.05) is 75.3 Å². The molecule has 0 aliphatic rings. The number of rotatable bonds is 18. The van der Waals surface area contributed by atoms with Crippen LogP contribution in [0.2, 0.25) is 0 Å². The van der Waals surface area contributed by atoms with E-state index in [9.17, 15) is 33.9 Å². The van der Waals surface area contributed by atoms with Crippen LogP contribution in [0.15, 0.2) is 63.9 Å². The Balaban J connectivity index is 1.79. The van der Waals surface area contributed by atoms with Crippen molar-refractivity contribution >= 4 is 35.3 Å². The zero-order chi connectivity index (χ0) is 37.0. The fourth-order valence-corrected chi connectivity index (χ4v) is 5.06. The highest BCUT2D eigenvalue weighted by molar-refractivity contribution is 5.96. The van der Waals surface area contributed by atoms with E-state index in [1.165, 1.54) is 6.07 Å². The Morgan fingerprint density at radius 1 is 0.900 bits per heavy atom. The molecule has 0 fully saturated rings. The topological polar surface area (TPSA) is 259 Å². The number of anilines is 1. The first-order valence-corrected chi connectivity index (χ1v) is 16.2. The summed E-state index contributed by atoms with van der Waals surface area (Å²) in [6.07, 6.45) is -1.96. The normalized spacial score (nSPS) is 14.2. The predicted octanol–water partition coefficient (Wildman–Crippen LogP) is 0.921. The first kappa shape index (κ1) is 39.1. The molecule has 0 aliphatic heterocycles. The maximum atomic E-state index is 13.8. The van der Waals surface area contributed by atoms with Gasteiger partial charge in [0.2, 0.25) is 17.7 Å². The summed E-state index contributed by atoms with van der Waals surface area (Å²) in [5.41, 5.74) is 7.26. The summed E-state index contributed by atoms with van der Waals surface area (Å²) in [7, 11) is 0. The molecule has 0 bridgehead atoms. The standard InChI is InChI=1S/C34H45N7O9/c1-18(2)15-25(38-32(47)27(19(3)4)39-30(45)23(35)13-14-26(42)43)31(46)37-24(16-20-9-6-5-7-10-20)28(44)33(48)36-22-12-8-11-21(17-22)29-40-34(49)50-41-29/h5-12,17-19,23-25,27-28,44H,13-16,35H2,1-4H3,(H,36,48)(H,37,46)(H,38,47)(H,39,45)(H,42,43)(H,40,41,49)/t23-,24-,25-,27-,28+/m0/s1. The van der Waals surface area contributed by atoms with Gasteiger partial charge in [-0.2, -0.15) is 0 Å². The number of aromatic amines is 1. The molecule has 0 saturated carbocycles. The van der Waals surface area contributed by atoms with Crippen molar-refractivity contribution in [2.45, 2.75) is 83.6 Å². The minimum Gasteiger partial charge on any atom is -0.481 e. The molecule has 9 N–H and O–H groups in total. The summed E-state index contributed by atoms with van der Waals surface area (Å²) in [5.74, 6) is -5.09. The lowest BCUT2D eigenvalue weighted by Gasteiger charge is -2.29. The third kappa shape index (κ3) is 12.0. The zero-order valence-corrected chi connectivity index (χ0v) is 28.3. The van der Waals surface area contributed by atoms with Crippen molar-refractivity contribution in [2.24, 2.45) is 17.6 Å². The largest absolute Gasteiger partial charge is 0.481 e. The molecule has 1 aromatic heterocycles. The van der Waals surface area contributed by atoms with Crippen molar-refractivity contribution in [1.82, 2.24) is 26.1 Å². The van der Waals surface area contributed by atoms with E-state index in [0.29, 0.717) is 11.1 Å². The number of aromatic nitrogens is 2. The van der Waals surface area contributed by atoms with E-state index in [4.69, 9.17) is 10.8 Å². The molecule has 0 spiro atoms.